The third-order valence-corrected chi connectivity index (χ3v) is 5.96. The summed E-state index contributed by atoms with van der Waals surface area (Å²) in [6.07, 6.45) is 1.93. The minimum absolute atomic E-state index is 0.0431. The molecule has 1 aromatic rings. The molecule has 108 valence electrons. The average Bonchev–Trinajstić information content (AvgIpc) is 3.20. The average molecular weight is 295 g/mol. The molecular formula is C14H17NO4S. The number of fused-ring (bicyclic) bond motifs is 1. The van der Waals surface area contributed by atoms with E-state index in [0.29, 0.717) is 0 Å². The number of carboxylic acid groups (broad SMARTS) is 1. The summed E-state index contributed by atoms with van der Waals surface area (Å²) in [5, 5.41) is 9.34. The molecule has 0 saturated heterocycles. The maximum Gasteiger partial charge on any atom is 0.312 e. The zero-order valence-corrected chi connectivity index (χ0v) is 11.8. The second-order valence-electron chi connectivity index (χ2n) is 5.60. The van der Waals surface area contributed by atoms with Crippen molar-refractivity contribution >= 4 is 16.0 Å². The van der Waals surface area contributed by atoms with Crippen LogP contribution in [0.2, 0.25) is 0 Å². The van der Waals surface area contributed by atoms with Crippen LogP contribution in [-0.2, 0) is 21.4 Å². The normalized spacial score (nSPS) is 23.3. The lowest BCUT2D eigenvalue weighted by Crippen LogP contribution is -2.41. The Kier molecular flexibility index (Phi) is 3.30. The third kappa shape index (κ3) is 2.58. The fourth-order valence-electron chi connectivity index (χ4n) is 2.69. The van der Waals surface area contributed by atoms with E-state index in [-0.39, 0.29) is 24.8 Å². The Morgan fingerprint density at radius 1 is 1.30 bits per heavy atom. The third-order valence-electron chi connectivity index (χ3n) is 4.00. The van der Waals surface area contributed by atoms with Crippen LogP contribution in [-0.4, -0.2) is 36.1 Å². The number of benzene rings is 1. The van der Waals surface area contributed by atoms with E-state index < -0.39 is 21.9 Å². The molecule has 1 aliphatic carbocycles. The number of carboxylic acids is 1. The van der Waals surface area contributed by atoms with Gasteiger partial charge in [0, 0.05) is 13.1 Å². The molecule has 2 aliphatic rings. The van der Waals surface area contributed by atoms with E-state index in [2.05, 4.69) is 0 Å². The van der Waals surface area contributed by atoms with Crippen LogP contribution in [0.1, 0.15) is 29.9 Å². The number of hydrogen-bond donors (Lipinski definition) is 1. The number of carbonyl (C=O) groups is 1. The highest BCUT2D eigenvalue weighted by molar-refractivity contribution is 7.89. The van der Waals surface area contributed by atoms with Gasteiger partial charge in [-0.05, 0) is 29.9 Å². The molecule has 0 aromatic heterocycles. The molecule has 0 bridgehead atoms. The van der Waals surface area contributed by atoms with E-state index in [4.69, 9.17) is 0 Å². The first kappa shape index (κ1) is 13.6. The van der Waals surface area contributed by atoms with Crippen molar-refractivity contribution in [2.75, 3.05) is 12.3 Å². The Hall–Kier alpha value is -1.40. The highest BCUT2D eigenvalue weighted by Gasteiger charge is 2.38. The Labute approximate surface area is 118 Å². The predicted octanol–water partition coefficient (Wildman–Crippen LogP) is 1.41. The van der Waals surface area contributed by atoms with E-state index in [0.717, 1.165) is 24.0 Å². The second kappa shape index (κ2) is 4.86. The molecule has 1 aromatic carbocycles. The standard InChI is InChI=1S/C14H17NO4S/c16-14(17)13-8-15(20(18,19)9-10-5-6-10)7-11-3-1-2-4-12(11)13/h1-4,10,13H,5-9H2,(H,16,17). The largest absolute Gasteiger partial charge is 0.481 e. The maximum absolute atomic E-state index is 12.3. The molecule has 20 heavy (non-hydrogen) atoms. The molecule has 0 spiro atoms. The van der Waals surface area contributed by atoms with E-state index >= 15 is 0 Å². The monoisotopic (exact) mass is 295 g/mol. The van der Waals surface area contributed by atoms with E-state index in [9.17, 15) is 18.3 Å². The minimum Gasteiger partial charge on any atom is -0.481 e. The van der Waals surface area contributed by atoms with Crippen molar-refractivity contribution in [1.29, 1.82) is 0 Å². The summed E-state index contributed by atoms with van der Waals surface area (Å²) in [5.41, 5.74) is 1.53. The minimum atomic E-state index is -3.36. The molecule has 0 radical (unpaired) electrons. The summed E-state index contributed by atoms with van der Waals surface area (Å²) in [6, 6.07) is 7.20. The number of sulfonamides is 1. The molecule has 1 saturated carbocycles. The molecule has 1 unspecified atom stereocenters. The molecule has 1 heterocycles. The summed E-state index contributed by atoms with van der Waals surface area (Å²) in [5.74, 6) is -1.32. The van der Waals surface area contributed by atoms with Crippen molar-refractivity contribution in [2.45, 2.75) is 25.3 Å². The van der Waals surface area contributed by atoms with E-state index in [1.165, 1.54) is 4.31 Å². The van der Waals surface area contributed by atoms with Crippen molar-refractivity contribution in [3.8, 4) is 0 Å². The van der Waals surface area contributed by atoms with E-state index in [1.54, 1.807) is 12.1 Å². The Balaban J connectivity index is 1.91. The number of rotatable bonds is 4. The molecule has 1 N–H and O–H groups in total. The van der Waals surface area contributed by atoms with Gasteiger partial charge in [0.25, 0.3) is 0 Å². The molecule has 6 heteroatoms. The first-order chi connectivity index (χ1) is 9.47. The fraction of sp³-hybridized carbons (Fsp3) is 0.500. The Morgan fingerprint density at radius 3 is 2.65 bits per heavy atom. The van der Waals surface area contributed by atoms with Gasteiger partial charge in [-0.1, -0.05) is 24.3 Å². The second-order valence-corrected chi connectivity index (χ2v) is 7.62. The summed E-state index contributed by atoms with van der Waals surface area (Å²) in [6.45, 7) is 0.330. The van der Waals surface area contributed by atoms with Crippen molar-refractivity contribution < 1.29 is 18.3 Å². The lowest BCUT2D eigenvalue weighted by atomic mass is 9.91. The van der Waals surface area contributed by atoms with Gasteiger partial charge in [0.1, 0.15) is 0 Å². The summed E-state index contributed by atoms with van der Waals surface area (Å²) in [7, 11) is -3.36. The number of aliphatic carboxylic acids is 1. The van der Waals surface area contributed by atoms with Crippen LogP contribution >= 0.6 is 0 Å². The first-order valence-electron chi connectivity index (χ1n) is 6.76. The molecule has 0 amide bonds. The zero-order chi connectivity index (χ0) is 14.3. The van der Waals surface area contributed by atoms with Crippen molar-refractivity contribution in [3.05, 3.63) is 35.4 Å². The lowest BCUT2D eigenvalue weighted by molar-refractivity contribution is -0.139. The lowest BCUT2D eigenvalue weighted by Gasteiger charge is -2.32. The van der Waals surface area contributed by atoms with Crippen LogP contribution in [0.4, 0.5) is 0 Å². The van der Waals surface area contributed by atoms with Gasteiger partial charge in [0.2, 0.25) is 10.0 Å². The number of hydrogen-bond acceptors (Lipinski definition) is 3. The molecule has 1 fully saturated rings. The summed E-state index contributed by atoms with van der Waals surface area (Å²) >= 11 is 0. The van der Waals surface area contributed by atoms with Crippen molar-refractivity contribution in [3.63, 3.8) is 0 Å². The quantitative estimate of drug-likeness (QED) is 0.911. The molecule has 5 nitrogen and oxygen atoms in total. The molecule has 1 aliphatic heterocycles. The molecule has 3 rings (SSSR count). The van der Waals surface area contributed by atoms with Gasteiger partial charge in [0.05, 0.1) is 11.7 Å². The van der Waals surface area contributed by atoms with Gasteiger partial charge in [-0.2, -0.15) is 4.31 Å². The van der Waals surface area contributed by atoms with Crippen LogP contribution in [0.25, 0.3) is 0 Å². The predicted molar refractivity (Wildman–Crippen MR) is 73.7 cm³/mol. The van der Waals surface area contributed by atoms with E-state index in [1.807, 2.05) is 12.1 Å². The van der Waals surface area contributed by atoms with Gasteiger partial charge < -0.3 is 5.11 Å². The van der Waals surface area contributed by atoms with Crippen LogP contribution in [0, 0.1) is 5.92 Å². The van der Waals surface area contributed by atoms with Crippen molar-refractivity contribution in [1.82, 2.24) is 4.31 Å². The van der Waals surface area contributed by atoms with Crippen LogP contribution in [0.5, 0.6) is 0 Å². The van der Waals surface area contributed by atoms with Gasteiger partial charge in [-0.25, -0.2) is 8.42 Å². The van der Waals surface area contributed by atoms with Gasteiger partial charge in [0.15, 0.2) is 0 Å². The first-order valence-corrected chi connectivity index (χ1v) is 8.37. The fourth-order valence-corrected chi connectivity index (χ4v) is 4.54. The van der Waals surface area contributed by atoms with Gasteiger partial charge in [-0.3, -0.25) is 4.79 Å². The summed E-state index contributed by atoms with van der Waals surface area (Å²) in [4.78, 5) is 11.4. The van der Waals surface area contributed by atoms with Crippen LogP contribution < -0.4 is 0 Å². The highest BCUT2D eigenvalue weighted by Crippen LogP contribution is 2.34. The van der Waals surface area contributed by atoms with Gasteiger partial charge in [-0.15, -0.1) is 0 Å². The Bertz CT molecular complexity index is 636. The zero-order valence-electron chi connectivity index (χ0n) is 11.0. The van der Waals surface area contributed by atoms with Crippen LogP contribution in [0.15, 0.2) is 24.3 Å². The SMILES string of the molecule is O=C(O)C1CN(S(=O)(=O)CC2CC2)Cc2ccccc21. The molecular weight excluding hydrogens is 278 g/mol. The number of nitrogens with zero attached hydrogens (tertiary/aromatic N) is 1. The highest BCUT2D eigenvalue weighted by atomic mass is 32.2. The Morgan fingerprint density at radius 2 is 2.00 bits per heavy atom. The van der Waals surface area contributed by atoms with Gasteiger partial charge >= 0.3 is 5.97 Å². The topological polar surface area (TPSA) is 74.7 Å². The summed E-state index contributed by atoms with van der Waals surface area (Å²) < 4.78 is 26.0. The van der Waals surface area contributed by atoms with Crippen molar-refractivity contribution in [2.24, 2.45) is 5.92 Å². The molecule has 1 atom stereocenters. The van der Waals surface area contributed by atoms with Crippen LogP contribution in [0.3, 0.4) is 0 Å². The smallest absolute Gasteiger partial charge is 0.312 e. The maximum atomic E-state index is 12.3.